The van der Waals surface area contributed by atoms with Crippen LogP contribution < -0.4 is 0 Å². The highest BCUT2D eigenvalue weighted by molar-refractivity contribution is 6.30. The summed E-state index contributed by atoms with van der Waals surface area (Å²) in [5.74, 6) is -2.54. The quantitative estimate of drug-likeness (QED) is 0.900. The molecule has 1 N–H and O–H groups in total. The monoisotopic (exact) mass is 366 g/mol. The van der Waals surface area contributed by atoms with E-state index in [4.69, 9.17) is 11.6 Å². The van der Waals surface area contributed by atoms with E-state index < -0.39 is 23.6 Å². The van der Waals surface area contributed by atoms with Crippen LogP contribution in [0.25, 0.3) is 5.69 Å². The Bertz CT molecular complexity index is 825. The second-order valence-electron chi connectivity index (χ2n) is 6.21. The molecule has 0 saturated carbocycles. The molecule has 0 spiro atoms. The largest absolute Gasteiger partial charge is 0.481 e. The highest BCUT2D eigenvalue weighted by Crippen LogP contribution is 2.24. The smallest absolute Gasteiger partial charge is 0.308 e. The SMILES string of the molecule is CC1CC(C(=O)O)CN(C(=O)c2cn(-c3cccc(Cl)c3F)nn2)C1. The number of halogens is 2. The molecular formula is C16H16ClFN4O3. The van der Waals surface area contributed by atoms with Crippen molar-refractivity contribution >= 4 is 23.5 Å². The van der Waals surface area contributed by atoms with Gasteiger partial charge in [0.05, 0.1) is 17.1 Å². The van der Waals surface area contributed by atoms with Crippen LogP contribution in [0.1, 0.15) is 23.8 Å². The van der Waals surface area contributed by atoms with Crippen LogP contribution in [-0.2, 0) is 4.79 Å². The maximum absolute atomic E-state index is 14.1. The molecule has 0 bridgehead atoms. The molecule has 2 aromatic rings. The molecule has 7 nitrogen and oxygen atoms in total. The van der Waals surface area contributed by atoms with E-state index in [9.17, 15) is 19.1 Å². The summed E-state index contributed by atoms with van der Waals surface area (Å²) in [5.41, 5.74) is 0.104. The normalized spacial score (nSPS) is 20.5. The summed E-state index contributed by atoms with van der Waals surface area (Å²) < 4.78 is 15.2. The van der Waals surface area contributed by atoms with Crippen LogP contribution in [0.3, 0.4) is 0 Å². The Morgan fingerprint density at radius 3 is 2.84 bits per heavy atom. The van der Waals surface area contributed by atoms with Gasteiger partial charge < -0.3 is 10.0 Å². The number of carbonyl (C=O) groups excluding carboxylic acids is 1. The number of benzene rings is 1. The van der Waals surface area contributed by atoms with Crippen molar-refractivity contribution in [3.05, 3.63) is 40.9 Å². The lowest BCUT2D eigenvalue weighted by Crippen LogP contribution is -2.45. The molecule has 9 heteroatoms. The van der Waals surface area contributed by atoms with Crippen molar-refractivity contribution in [2.24, 2.45) is 11.8 Å². The fourth-order valence-electron chi connectivity index (χ4n) is 3.01. The minimum Gasteiger partial charge on any atom is -0.481 e. The molecule has 1 aliphatic heterocycles. The number of carboxylic acids is 1. The van der Waals surface area contributed by atoms with Crippen molar-refractivity contribution in [3.8, 4) is 5.69 Å². The van der Waals surface area contributed by atoms with Crippen molar-refractivity contribution in [1.29, 1.82) is 0 Å². The summed E-state index contributed by atoms with van der Waals surface area (Å²) in [5, 5.41) is 16.7. The zero-order valence-electron chi connectivity index (χ0n) is 13.4. The first-order valence-corrected chi connectivity index (χ1v) is 8.13. The third-order valence-corrected chi connectivity index (χ3v) is 4.48. The van der Waals surface area contributed by atoms with E-state index in [0.29, 0.717) is 13.0 Å². The first kappa shape index (κ1) is 17.3. The fourth-order valence-corrected chi connectivity index (χ4v) is 3.18. The molecule has 1 aromatic carbocycles. The van der Waals surface area contributed by atoms with Gasteiger partial charge in [0, 0.05) is 13.1 Å². The fraction of sp³-hybridized carbons (Fsp3) is 0.375. The number of carboxylic acid groups (broad SMARTS) is 1. The predicted molar refractivity (Wildman–Crippen MR) is 87.1 cm³/mol. The Labute approximate surface area is 148 Å². The second kappa shape index (κ2) is 6.79. The lowest BCUT2D eigenvalue weighted by atomic mass is 9.90. The van der Waals surface area contributed by atoms with Gasteiger partial charge in [-0.25, -0.2) is 9.07 Å². The first-order valence-electron chi connectivity index (χ1n) is 7.75. The molecule has 1 aliphatic rings. The number of amides is 1. The first-order chi connectivity index (χ1) is 11.9. The third-order valence-electron chi connectivity index (χ3n) is 4.19. The van der Waals surface area contributed by atoms with Gasteiger partial charge in [0.25, 0.3) is 5.91 Å². The summed E-state index contributed by atoms with van der Waals surface area (Å²) >= 11 is 5.75. The number of nitrogens with zero attached hydrogens (tertiary/aromatic N) is 4. The van der Waals surface area contributed by atoms with E-state index in [1.54, 1.807) is 6.07 Å². The lowest BCUT2D eigenvalue weighted by Gasteiger charge is -2.34. The van der Waals surface area contributed by atoms with Gasteiger partial charge in [-0.2, -0.15) is 0 Å². The number of carbonyl (C=O) groups is 2. The number of aliphatic carboxylic acids is 1. The molecule has 0 radical (unpaired) electrons. The average molecular weight is 367 g/mol. The number of likely N-dealkylation sites (tertiary alicyclic amines) is 1. The van der Waals surface area contributed by atoms with Crippen LogP contribution in [0.15, 0.2) is 24.4 Å². The van der Waals surface area contributed by atoms with E-state index in [-0.39, 0.29) is 28.9 Å². The van der Waals surface area contributed by atoms with E-state index in [1.165, 1.54) is 23.2 Å². The number of aromatic nitrogens is 3. The molecule has 3 rings (SSSR count). The molecule has 1 aromatic heterocycles. The summed E-state index contributed by atoms with van der Waals surface area (Å²) in [7, 11) is 0. The molecule has 2 atom stereocenters. The molecule has 1 fully saturated rings. The van der Waals surface area contributed by atoms with Crippen LogP contribution in [0.4, 0.5) is 4.39 Å². The van der Waals surface area contributed by atoms with Crippen molar-refractivity contribution in [1.82, 2.24) is 19.9 Å². The maximum Gasteiger partial charge on any atom is 0.308 e. The Morgan fingerprint density at radius 2 is 2.12 bits per heavy atom. The standard InChI is InChI=1S/C16H16ClFN4O3/c1-9-5-10(16(24)25)7-21(6-9)15(23)12-8-22(20-19-12)13-4-2-3-11(17)14(13)18/h2-4,8-10H,5-7H2,1H3,(H,24,25). The van der Waals surface area contributed by atoms with E-state index in [0.717, 1.165) is 4.68 Å². The molecular weight excluding hydrogens is 351 g/mol. The minimum atomic E-state index is -0.922. The molecule has 25 heavy (non-hydrogen) atoms. The van der Waals surface area contributed by atoms with Gasteiger partial charge in [-0.1, -0.05) is 29.8 Å². The van der Waals surface area contributed by atoms with Gasteiger partial charge in [0.1, 0.15) is 5.69 Å². The van der Waals surface area contributed by atoms with E-state index in [1.807, 2.05) is 6.92 Å². The van der Waals surface area contributed by atoms with Gasteiger partial charge in [-0.3, -0.25) is 9.59 Å². The highest BCUT2D eigenvalue weighted by atomic mass is 35.5. The van der Waals surface area contributed by atoms with Crippen LogP contribution in [-0.4, -0.2) is 50.0 Å². The zero-order chi connectivity index (χ0) is 18.1. The number of hydrogen-bond acceptors (Lipinski definition) is 4. The number of hydrogen-bond donors (Lipinski definition) is 1. The Morgan fingerprint density at radius 1 is 1.36 bits per heavy atom. The van der Waals surface area contributed by atoms with Crippen molar-refractivity contribution in [2.75, 3.05) is 13.1 Å². The van der Waals surface area contributed by atoms with Crippen molar-refractivity contribution < 1.29 is 19.1 Å². The van der Waals surface area contributed by atoms with Crippen molar-refractivity contribution in [2.45, 2.75) is 13.3 Å². The van der Waals surface area contributed by atoms with Crippen molar-refractivity contribution in [3.63, 3.8) is 0 Å². The Balaban J connectivity index is 1.83. The molecule has 132 valence electrons. The van der Waals surface area contributed by atoms with Crippen LogP contribution in [0, 0.1) is 17.7 Å². The van der Waals surface area contributed by atoms with Gasteiger partial charge in [0.15, 0.2) is 11.5 Å². The maximum atomic E-state index is 14.1. The van der Waals surface area contributed by atoms with E-state index in [2.05, 4.69) is 10.3 Å². The number of rotatable bonds is 3. The van der Waals surface area contributed by atoms with Gasteiger partial charge in [0.2, 0.25) is 0 Å². The highest BCUT2D eigenvalue weighted by Gasteiger charge is 2.33. The molecule has 1 saturated heterocycles. The van der Waals surface area contributed by atoms with E-state index >= 15 is 0 Å². The van der Waals surface area contributed by atoms with Gasteiger partial charge >= 0.3 is 5.97 Å². The minimum absolute atomic E-state index is 0.0256. The zero-order valence-corrected chi connectivity index (χ0v) is 14.1. The molecule has 2 heterocycles. The summed E-state index contributed by atoms with van der Waals surface area (Å²) in [6.45, 7) is 2.46. The lowest BCUT2D eigenvalue weighted by molar-refractivity contribution is -0.143. The van der Waals surface area contributed by atoms with Crippen LogP contribution >= 0.6 is 11.6 Å². The topological polar surface area (TPSA) is 88.3 Å². The van der Waals surface area contributed by atoms with Crippen LogP contribution in [0.2, 0.25) is 5.02 Å². The molecule has 0 aliphatic carbocycles. The molecule has 2 unspecified atom stereocenters. The Hall–Kier alpha value is -2.48. The molecule has 1 amide bonds. The number of piperidine rings is 1. The summed E-state index contributed by atoms with van der Waals surface area (Å²) in [6, 6.07) is 4.44. The summed E-state index contributed by atoms with van der Waals surface area (Å²) in [6.07, 6.45) is 1.84. The Kier molecular flexibility index (Phi) is 4.71. The third kappa shape index (κ3) is 3.48. The van der Waals surface area contributed by atoms with Crippen LogP contribution in [0.5, 0.6) is 0 Å². The summed E-state index contributed by atoms with van der Waals surface area (Å²) in [4.78, 5) is 25.3. The second-order valence-corrected chi connectivity index (χ2v) is 6.61. The van der Waals surface area contributed by atoms with Gasteiger partial charge in [-0.15, -0.1) is 5.10 Å². The predicted octanol–water partition coefficient (Wildman–Crippen LogP) is 2.24. The van der Waals surface area contributed by atoms with Gasteiger partial charge in [-0.05, 0) is 24.5 Å². The average Bonchev–Trinajstić information content (AvgIpc) is 3.05.